The molecule has 5 rings (SSSR count). The van der Waals surface area contributed by atoms with E-state index < -0.39 is 17.1 Å². The van der Waals surface area contributed by atoms with Gasteiger partial charge in [0.1, 0.15) is 5.70 Å². The minimum atomic E-state index is -0.543. The number of methoxy groups -OCH3 is 2. The molecule has 0 bridgehead atoms. The number of hydrogen-bond acceptors (Lipinski definition) is 6. The summed E-state index contributed by atoms with van der Waals surface area (Å²) >= 11 is 1.37. The Bertz CT molecular complexity index is 1910. The maximum atomic E-state index is 13.6. The molecule has 9 heteroatoms. The number of hydrogen-bond donors (Lipinski definition) is 3. The second-order valence-electron chi connectivity index (χ2n) is 10.3. The number of rotatable bonds is 11. The molecular formula is C37H33N3O5S. The average Bonchev–Trinajstić information content (AvgIpc) is 3.08. The fourth-order valence-corrected chi connectivity index (χ4v) is 5.66. The Morgan fingerprint density at radius 3 is 2.20 bits per heavy atom. The summed E-state index contributed by atoms with van der Waals surface area (Å²) in [5.41, 5.74) is 2.15. The van der Waals surface area contributed by atoms with Crippen LogP contribution < -0.4 is 25.4 Å². The molecule has 0 aliphatic rings. The summed E-state index contributed by atoms with van der Waals surface area (Å²) in [6, 6.07) is 34.8. The lowest BCUT2D eigenvalue weighted by Crippen LogP contribution is -2.30. The smallest absolute Gasteiger partial charge is 0.272 e. The molecule has 0 aliphatic carbocycles. The number of anilines is 2. The zero-order valence-corrected chi connectivity index (χ0v) is 26.4. The first-order valence-electron chi connectivity index (χ1n) is 14.5. The van der Waals surface area contributed by atoms with Gasteiger partial charge in [0.15, 0.2) is 11.5 Å². The third-order valence-corrected chi connectivity index (χ3v) is 8.15. The van der Waals surface area contributed by atoms with Crippen LogP contribution in [0.1, 0.15) is 22.8 Å². The van der Waals surface area contributed by atoms with Gasteiger partial charge in [0.2, 0.25) is 5.91 Å². The van der Waals surface area contributed by atoms with Crippen molar-refractivity contribution < 1.29 is 23.9 Å². The molecule has 232 valence electrons. The van der Waals surface area contributed by atoms with E-state index in [0.29, 0.717) is 28.3 Å². The lowest BCUT2D eigenvalue weighted by molar-refractivity contribution is -0.115. The van der Waals surface area contributed by atoms with Gasteiger partial charge >= 0.3 is 0 Å². The van der Waals surface area contributed by atoms with Crippen LogP contribution in [0.15, 0.2) is 126 Å². The molecule has 46 heavy (non-hydrogen) atoms. The van der Waals surface area contributed by atoms with E-state index >= 15 is 0 Å². The molecule has 0 spiro atoms. The van der Waals surface area contributed by atoms with Crippen LogP contribution in [0, 0.1) is 0 Å². The molecule has 5 aromatic carbocycles. The van der Waals surface area contributed by atoms with Crippen LogP contribution in [0.3, 0.4) is 0 Å². The van der Waals surface area contributed by atoms with Crippen molar-refractivity contribution in [3.63, 3.8) is 0 Å². The second-order valence-corrected chi connectivity index (χ2v) is 11.7. The molecule has 0 heterocycles. The molecule has 0 radical (unpaired) electrons. The van der Waals surface area contributed by atoms with Gasteiger partial charge in [-0.05, 0) is 72.3 Å². The standard InChI is InChI=1S/C37H33N3O5S/c1-24(35(41)38-30-20-19-25-11-7-8-14-27(25)21-30)46-31-17-10-16-29(23-31)39-37(43)32(40-36(42)26-12-5-4-6-13-26)22-28-15-9-18-33(44-2)34(28)45-3/h4-24H,1-3H3,(H,38,41)(H,39,43)(H,40,42)/b32-22+. The normalized spacial score (nSPS) is 11.8. The Kier molecular flexibility index (Phi) is 10.4. The van der Waals surface area contributed by atoms with Crippen LogP contribution in [0.5, 0.6) is 11.5 Å². The predicted molar refractivity (Wildman–Crippen MR) is 184 cm³/mol. The van der Waals surface area contributed by atoms with E-state index in [9.17, 15) is 14.4 Å². The molecule has 3 amide bonds. The van der Waals surface area contributed by atoms with Crippen LogP contribution in [0.2, 0.25) is 0 Å². The monoisotopic (exact) mass is 631 g/mol. The first-order valence-corrected chi connectivity index (χ1v) is 15.4. The Hall–Kier alpha value is -5.54. The van der Waals surface area contributed by atoms with Crippen molar-refractivity contribution in [3.8, 4) is 11.5 Å². The molecule has 0 aromatic heterocycles. The number of thioether (sulfide) groups is 1. The molecule has 0 saturated heterocycles. The van der Waals surface area contributed by atoms with Crippen LogP contribution in [0.25, 0.3) is 16.8 Å². The van der Waals surface area contributed by atoms with E-state index in [2.05, 4.69) is 16.0 Å². The highest BCUT2D eigenvalue weighted by Gasteiger charge is 2.19. The highest BCUT2D eigenvalue weighted by atomic mass is 32.2. The van der Waals surface area contributed by atoms with Crippen molar-refractivity contribution in [2.24, 2.45) is 0 Å². The van der Waals surface area contributed by atoms with Crippen LogP contribution in [-0.4, -0.2) is 37.2 Å². The summed E-state index contributed by atoms with van der Waals surface area (Å²) in [6.45, 7) is 1.83. The molecule has 3 N–H and O–H groups in total. The minimum Gasteiger partial charge on any atom is -0.493 e. The highest BCUT2D eigenvalue weighted by molar-refractivity contribution is 8.00. The van der Waals surface area contributed by atoms with Crippen molar-refractivity contribution in [2.75, 3.05) is 24.9 Å². The Labute approximate surface area is 271 Å². The van der Waals surface area contributed by atoms with Gasteiger partial charge in [0.05, 0.1) is 19.5 Å². The number of ether oxygens (including phenoxy) is 2. The molecule has 0 saturated carbocycles. The van der Waals surface area contributed by atoms with Crippen molar-refractivity contribution >= 4 is 57.7 Å². The fourth-order valence-electron chi connectivity index (χ4n) is 4.74. The summed E-state index contributed by atoms with van der Waals surface area (Å²) in [5.74, 6) is -0.235. The Morgan fingerprint density at radius 2 is 1.43 bits per heavy atom. The van der Waals surface area contributed by atoms with Gasteiger partial charge in [-0.3, -0.25) is 14.4 Å². The van der Waals surface area contributed by atoms with E-state index in [4.69, 9.17) is 9.47 Å². The molecule has 0 fully saturated rings. The summed E-state index contributed by atoms with van der Waals surface area (Å²) in [4.78, 5) is 40.5. The van der Waals surface area contributed by atoms with E-state index in [-0.39, 0.29) is 11.6 Å². The molecule has 1 atom stereocenters. The summed E-state index contributed by atoms with van der Waals surface area (Å²) < 4.78 is 10.9. The summed E-state index contributed by atoms with van der Waals surface area (Å²) in [5, 5.41) is 10.3. The van der Waals surface area contributed by atoms with Gasteiger partial charge in [-0.15, -0.1) is 11.8 Å². The summed E-state index contributed by atoms with van der Waals surface area (Å²) in [7, 11) is 3.03. The molecule has 5 aromatic rings. The highest BCUT2D eigenvalue weighted by Crippen LogP contribution is 2.32. The molecule has 1 unspecified atom stereocenters. The Balaban J connectivity index is 1.32. The third-order valence-electron chi connectivity index (χ3n) is 7.05. The van der Waals surface area contributed by atoms with Crippen molar-refractivity contribution in [3.05, 3.63) is 132 Å². The topological polar surface area (TPSA) is 106 Å². The quantitative estimate of drug-likeness (QED) is 0.104. The first kappa shape index (κ1) is 31.9. The number of para-hydroxylation sites is 1. The van der Waals surface area contributed by atoms with E-state index in [1.165, 1.54) is 32.1 Å². The lowest BCUT2D eigenvalue weighted by atomic mass is 10.1. The number of amides is 3. The molecule has 0 aliphatic heterocycles. The number of nitrogens with one attached hydrogen (secondary N) is 3. The largest absolute Gasteiger partial charge is 0.493 e. The zero-order valence-electron chi connectivity index (χ0n) is 25.6. The maximum Gasteiger partial charge on any atom is 0.272 e. The van der Waals surface area contributed by atoms with E-state index in [1.54, 1.807) is 66.7 Å². The van der Waals surface area contributed by atoms with E-state index in [0.717, 1.165) is 21.4 Å². The number of fused-ring (bicyclic) bond motifs is 1. The van der Waals surface area contributed by atoms with Crippen LogP contribution in [0.4, 0.5) is 11.4 Å². The molecular weight excluding hydrogens is 598 g/mol. The first-order chi connectivity index (χ1) is 22.3. The van der Waals surface area contributed by atoms with Gasteiger partial charge in [0, 0.05) is 27.4 Å². The Morgan fingerprint density at radius 1 is 0.717 bits per heavy atom. The zero-order chi connectivity index (χ0) is 32.5. The van der Waals surface area contributed by atoms with Gasteiger partial charge in [-0.2, -0.15) is 0 Å². The lowest BCUT2D eigenvalue weighted by Gasteiger charge is -2.15. The molecule has 8 nitrogen and oxygen atoms in total. The number of carbonyl (C=O) groups is 3. The van der Waals surface area contributed by atoms with Gasteiger partial charge in [-0.25, -0.2) is 0 Å². The maximum absolute atomic E-state index is 13.6. The number of benzene rings is 5. The predicted octanol–water partition coefficient (Wildman–Crippen LogP) is 7.39. The van der Waals surface area contributed by atoms with Crippen molar-refractivity contribution in [1.82, 2.24) is 5.32 Å². The third kappa shape index (κ3) is 7.94. The van der Waals surface area contributed by atoms with Gasteiger partial charge in [0.25, 0.3) is 11.8 Å². The average molecular weight is 632 g/mol. The van der Waals surface area contributed by atoms with Crippen LogP contribution >= 0.6 is 11.8 Å². The van der Waals surface area contributed by atoms with E-state index in [1.807, 2.05) is 55.5 Å². The fraction of sp³-hybridized carbons (Fsp3) is 0.108. The minimum absolute atomic E-state index is 0.00148. The summed E-state index contributed by atoms with van der Waals surface area (Å²) in [6.07, 6.45) is 1.54. The van der Waals surface area contributed by atoms with Crippen molar-refractivity contribution in [1.29, 1.82) is 0 Å². The number of carbonyl (C=O) groups excluding carboxylic acids is 3. The van der Waals surface area contributed by atoms with Crippen molar-refractivity contribution in [2.45, 2.75) is 17.1 Å². The van der Waals surface area contributed by atoms with Crippen LogP contribution in [-0.2, 0) is 9.59 Å². The second kappa shape index (κ2) is 15.0. The SMILES string of the molecule is COc1cccc(/C=C(/NC(=O)c2ccccc2)C(=O)Nc2cccc(SC(C)C(=O)Nc3ccc4ccccc4c3)c2)c1OC. The van der Waals surface area contributed by atoms with Gasteiger partial charge < -0.3 is 25.4 Å². The van der Waals surface area contributed by atoms with Gasteiger partial charge in [-0.1, -0.05) is 66.7 Å².